The lowest BCUT2D eigenvalue weighted by Crippen LogP contribution is -2.32. The largest absolute Gasteiger partial charge is 0.376 e. The van der Waals surface area contributed by atoms with Gasteiger partial charge in [-0.15, -0.1) is 0 Å². The van der Waals surface area contributed by atoms with Crippen molar-refractivity contribution in [2.24, 2.45) is 14.1 Å². The van der Waals surface area contributed by atoms with Crippen LogP contribution in [0.2, 0.25) is 0 Å². The van der Waals surface area contributed by atoms with Crippen LogP contribution >= 0.6 is 0 Å². The lowest BCUT2D eigenvalue weighted by Gasteiger charge is -2.34. The maximum Gasteiger partial charge on any atom is 0.274 e. The highest BCUT2D eigenvalue weighted by Gasteiger charge is 2.38. The molecular weight excluding hydrogens is 378 g/mol. The molecule has 29 heavy (non-hydrogen) atoms. The molecule has 1 aliphatic heterocycles. The highest BCUT2D eigenvalue weighted by Crippen LogP contribution is 2.45. The van der Waals surface area contributed by atoms with E-state index in [1.54, 1.807) is 23.9 Å². The number of aromatic nitrogens is 5. The second-order valence-corrected chi connectivity index (χ2v) is 7.08. The fourth-order valence-electron chi connectivity index (χ4n) is 4.03. The summed E-state index contributed by atoms with van der Waals surface area (Å²) in [5, 5.41) is 12.8. The third-order valence-corrected chi connectivity index (χ3v) is 5.33. The molecule has 1 N–H and O–H groups in total. The molecule has 0 amide bonds. The Morgan fingerprint density at radius 2 is 1.79 bits per heavy atom. The predicted molar refractivity (Wildman–Crippen MR) is 103 cm³/mol. The van der Waals surface area contributed by atoms with E-state index < -0.39 is 17.8 Å². The van der Waals surface area contributed by atoms with Crippen LogP contribution in [0.15, 0.2) is 47.5 Å². The number of benzene rings is 2. The third kappa shape index (κ3) is 2.61. The number of nitrogens with zero attached hydrogens (tertiary/aromatic N) is 5. The highest BCUT2D eigenvalue weighted by molar-refractivity contribution is 5.97. The second-order valence-electron chi connectivity index (χ2n) is 7.08. The summed E-state index contributed by atoms with van der Waals surface area (Å²) in [5.74, 6) is -0.687. The molecule has 0 saturated heterocycles. The van der Waals surface area contributed by atoms with Gasteiger partial charge in [0.1, 0.15) is 23.8 Å². The van der Waals surface area contributed by atoms with Crippen LogP contribution in [0.1, 0.15) is 29.0 Å². The molecule has 0 bridgehead atoms. The molecule has 0 fully saturated rings. The van der Waals surface area contributed by atoms with Gasteiger partial charge in [0.25, 0.3) is 5.56 Å². The number of aryl methyl sites for hydroxylation is 2. The molecule has 0 spiro atoms. The van der Waals surface area contributed by atoms with Gasteiger partial charge in [-0.25, -0.2) is 18.4 Å². The number of rotatable bonds is 2. The Morgan fingerprint density at radius 3 is 2.48 bits per heavy atom. The molecule has 0 aliphatic carbocycles. The van der Waals surface area contributed by atoms with Crippen molar-refractivity contribution in [3.05, 3.63) is 81.8 Å². The first-order valence-electron chi connectivity index (χ1n) is 9.00. The standard InChI is InChI=1S/C20H16F2N6O/c1-27-19(23-9-24-27)16-17(10-3-5-11(21)6-4-10)25-14-8-12(22)7-13-15(14)18(16)26-28(2)20(13)29/h3-9,16-17,25H,1-2H3/t16-,17-/m1/s1. The molecule has 146 valence electrons. The molecule has 9 heteroatoms. The van der Waals surface area contributed by atoms with E-state index in [9.17, 15) is 13.6 Å². The van der Waals surface area contributed by atoms with Crippen molar-refractivity contribution in [1.29, 1.82) is 0 Å². The highest BCUT2D eigenvalue weighted by atomic mass is 19.1. The van der Waals surface area contributed by atoms with Gasteiger partial charge in [0, 0.05) is 25.2 Å². The summed E-state index contributed by atoms with van der Waals surface area (Å²) in [5.41, 5.74) is 1.44. The van der Waals surface area contributed by atoms with Gasteiger partial charge < -0.3 is 5.32 Å². The quantitative estimate of drug-likeness (QED) is 0.566. The van der Waals surface area contributed by atoms with Crippen LogP contribution < -0.4 is 10.9 Å². The van der Waals surface area contributed by atoms with Crippen LogP contribution in [0.3, 0.4) is 0 Å². The first-order chi connectivity index (χ1) is 13.9. The smallest absolute Gasteiger partial charge is 0.274 e. The molecule has 5 rings (SSSR count). The minimum Gasteiger partial charge on any atom is -0.376 e. The molecule has 4 aromatic rings. The molecule has 3 heterocycles. The van der Waals surface area contributed by atoms with Crippen molar-refractivity contribution in [1.82, 2.24) is 24.5 Å². The van der Waals surface area contributed by atoms with Crippen LogP contribution in [-0.2, 0) is 14.1 Å². The van der Waals surface area contributed by atoms with Crippen molar-refractivity contribution in [3.63, 3.8) is 0 Å². The van der Waals surface area contributed by atoms with Crippen LogP contribution in [0.4, 0.5) is 14.5 Å². The van der Waals surface area contributed by atoms with Gasteiger partial charge in [-0.3, -0.25) is 9.48 Å². The van der Waals surface area contributed by atoms with Crippen LogP contribution in [0.25, 0.3) is 10.8 Å². The molecular formula is C20H16F2N6O. The van der Waals surface area contributed by atoms with Crippen molar-refractivity contribution in [2.45, 2.75) is 12.0 Å². The molecule has 0 radical (unpaired) electrons. The van der Waals surface area contributed by atoms with E-state index in [0.717, 1.165) is 5.56 Å². The van der Waals surface area contributed by atoms with Gasteiger partial charge >= 0.3 is 0 Å². The van der Waals surface area contributed by atoms with Crippen molar-refractivity contribution < 1.29 is 8.78 Å². The normalized spacial score (nSPS) is 18.1. The maximum atomic E-state index is 14.3. The number of hydrogen-bond acceptors (Lipinski definition) is 5. The summed E-state index contributed by atoms with van der Waals surface area (Å²) < 4.78 is 30.6. The van der Waals surface area contributed by atoms with Crippen molar-refractivity contribution in [2.75, 3.05) is 5.32 Å². The fraction of sp³-hybridized carbons (Fsp3) is 0.200. The Hall–Kier alpha value is -3.62. The minimum atomic E-state index is -0.524. The Morgan fingerprint density at radius 1 is 1.03 bits per heavy atom. The van der Waals surface area contributed by atoms with Gasteiger partial charge in [0.15, 0.2) is 0 Å². The average Bonchev–Trinajstić information content (AvgIpc) is 3.11. The number of anilines is 1. The Balaban J connectivity index is 1.85. The van der Waals surface area contributed by atoms with E-state index in [-0.39, 0.29) is 16.8 Å². The first kappa shape index (κ1) is 17.5. The lowest BCUT2D eigenvalue weighted by molar-refractivity contribution is 0.547. The summed E-state index contributed by atoms with van der Waals surface area (Å²) >= 11 is 0. The minimum absolute atomic E-state index is 0.240. The van der Waals surface area contributed by atoms with Crippen LogP contribution in [-0.4, -0.2) is 24.5 Å². The molecule has 7 nitrogen and oxygen atoms in total. The monoisotopic (exact) mass is 394 g/mol. The zero-order valence-electron chi connectivity index (χ0n) is 15.6. The molecule has 1 aliphatic rings. The van der Waals surface area contributed by atoms with Crippen molar-refractivity contribution >= 4 is 16.5 Å². The predicted octanol–water partition coefficient (Wildman–Crippen LogP) is 2.64. The molecule has 0 saturated carbocycles. The summed E-state index contributed by atoms with van der Waals surface area (Å²) in [4.78, 5) is 17.0. The van der Waals surface area contributed by atoms with Gasteiger partial charge in [0.05, 0.1) is 23.0 Å². The fourth-order valence-corrected chi connectivity index (χ4v) is 4.03. The van der Waals surface area contributed by atoms with E-state index in [2.05, 4.69) is 20.5 Å². The van der Waals surface area contributed by atoms with E-state index >= 15 is 0 Å². The number of hydrogen-bond donors (Lipinski definition) is 1. The van der Waals surface area contributed by atoms with E-state index in [1.165, 1.54) is 42.3 Å². The SMILES string of the molecule is Cn1ncnc1[C@H]1c2nn(C)c(=O)c3cc(F)cc(c23)N[C@@H]1c1ccc(F)cc1. The third-order valence-electron chi connectivity index (χ3n) is 5.33. The van der Waals surface area contributed by atoms with Crippen LogP contribution in [0, 0.1) is 11.6 Å². The zero-order valence-corrected chi connectivity index (χ0v) is 15.6. The Bertz CT molecular complexity index is 1310. The van der Waals surface area contributed by atoms with Gasteiger partial charge in [-0.1, -0.05) is 12.1 Å². The summed E-state index contributed by atoms with van der Waals surface area (Å²) in [7, 11) is 3.30. The summed E-state index contributed by atoms with van der Waals surface area (Å²) in [6.45, 7) is 0. The second kappa shape index (κ2) is 6.20. The lowest BCUT2D eigenvalue weighted by atomic mass is 9.83. The molecule has 2 aromatic carbocycles. The van der Waals surface area contributed by atoms with Gasteiger partial charge in [0.2, 0.25) is 0 Å². The summed E-state index contributed by atoms with van der Waals surface area (Å²) in [6, 6.07) is 8.22. The van der Waals surface area contributed by atoms with Gasteiger partial charge in [-0.2, -0.15) is 10.2 Å². The molecule has 0 unspecified atom stereocenters. The zero-order chi connectivity index (χ0) is 20.3. The van der Waals surface area contributed by atoms with E-state index in [4.69, 9.17) is 0 Å². The van der Waals surface area contributed by atoms with Crippen molar-refractivity contribution in [3.8, 4) is 0 Å². The Labute approximate surface area is 163 Å². The summed E-state index contributed by atoms with van der Waals surface area (Å²) in [6.07, 6.45) is 1.44. The Kier molecular flexibility index (Phi) is 3.73. The molecule has 2 atom stereocenters. The number of nitrogens with one attached hydrogen (secondary N) is 1. The average molecular weight is 394 g/mol. The number of halogens is 2. The van der Waals surface area contributed by atoms with Crippen LogP contribution in [0.5, 0.6) is 0 Å². The topological polar surface area (TPSA) is 77.6 Å². The van der Waals surface area contributed by atoms with E-state index in [0.29, 0.717) is 22.6 Å². The molecule has 2 aromatic heterocycles. The maximum absolute atomic E-state index is 14.3. The van der Waals surface area contributed by atoms with Gasteiger partial charge in [-0.05, 0) is 29.8 Å². The van der Waals surface area contributed by atoms with E-state index in [1.807, 2.05) is 0 Å². The first-order valence-corrected chi connectivity index (χ1v) is 9.00.